The van der Waals surface area contributed by atoms with E-state index in [4.69, 9.17) is 11.6 Å². The van der Waals surface area contributed by atoms with Gasteiger partial charge in [0.1, 0.15) is 0 Å². The van der Waals surface area contributed by atoms with Crippen LogP contribution in [0.2, 0.25) is 0 Å². The number of likely N-dealkylation sites (tertiary alicyclic amines) is 1. The van der Waals surface area contributed by atoms with Gasteiger partial charge in [-0.2, -0.15) is 4.90 Å². The molecule has 0 spiro atoms. The minimum Gasteiger partial charge on any atom is -0.396 e. The Labute approximate surface area is 112 Å². The van der Waals surface area contributed by atoms with Crippen LogP contribution in [-0.2, 0) is 33.4 Å². The fraction of sp³-hybridized carbons (Fsp3) is 0.500. The molecule has 1 aliphatic rings. The lowest BCUT2D eigenvalue weighted by atomic mass is 10.4. The van der Waals surface area contributed by atoms with Crippen LogP contribution in [0.4, 0.5) is 0 Å². The molecule has 0 bridgehead atoms. The van der Waals surface area contributed by atoms with Gasteiger partial charge in [-0.05, 0) is 11.6 Å². The molecule has 8 nitrogen and oxygen atoms in total. The van der Waals surface area contributed by atoms with Gasteiger partial charge in [0.2, 0.25) is 11.8 Å². The molecule has 19 heavy (non-hydrogen) atoms. The highest BCUT2D eigenvalue weighted by Gasteiger charge is 2.58. The zero-order valence-electron chi connectivity index (χ0n) is 10.1. The molecule has 0 aliphatic carbocycles. The molecule has 1 rings (SSSR count). The van der Waals surface area contributed by atoms with E-state index in [0.717, 1.165) is 13.8 Å². The lowest BCUT2D eigenvalue weighted by Crippen LogP contribution is -2.60. The summed E-state index contributed by atoms with van der Waals surface area (Å²) in [4.78, 5) is 57.0. The van der Waals surface area contributed by atoms with Crippen molar-refractivity contribution in [3.05, 3.63) is 0 Å². The van der Waals surface area contributed by atoms with Gasteiger partial charge in [0.25, 0.3) is 0 Å². The van der Waals surface area contributed by atoms with E-state index in [9.17, 15) is 24.0 Å². The first kappa shape index (κ1) is 15.1. The van der Waals surface area contributed by atoms with Gasteiger partial charge in [0.05, 0.1) is 0 Å². The van der Waals surface area contributed by atoms with Gasteiger partial charge in [0.15, 0.2) is 0 Å². The Kier molecular flexibility index (Phi) is 4.25. The monoisotopic (exact) mass is 291 g/mol. The van der Waals surface area contributed by atoms with E-state index < -0.39 is 34.9 Å². The van der Waals surface area contributed by atoms with Crippen molar-refractivity contribution in [1.29, 1.82) is 0 Å². The van der Waals surface area contributed by atoms with E-state index in [1.54, 1.807) is 0 Å². The summed E-state index contributed by atoms with van der Waals surface area (Å²) in [5.41, 5.74) is 0. The summed E-state index contributed by atoms with van der Waals surface area (Å²) in [7, 11) is 0. The molecule has 0 N–H and O–H groups in total. The Morgan fingerprint density at radius 3 is 1.68 bits per heavy atom. The van der Waals surface area contributed by atoms with E-state index in [1.807, 2.05) is 0 Å². The number of amides is 2. The predicted molar refractivity (Wildman–Crippen MR) is 58.2 cm³/mol. The summed E-state index contributed by atoms with van der Waals surface area (Å²) in [6.45, 7) is 1.81. The minimum absolute atomic E-state index is 0.201. The number of carbonyl (C=O) groups is 5. The number of ether oxygens (including phenoxy) is 2. The molecule has 0 unspecified atom stereocenters. The molecular weight excluding hydrogens is 282 g/mol. The molecule has 1 heterocycles. The normalized spacial score (nSPS) is 15.4. The van der Waals surface area contributed by atoms with Crippen molar-refractivity contribution in [2.75, 3.05) is 0 Å². The number of nitrogens with zero attached hydrogens (tertiary/aromatic N) is 1. The Morgan fingerprint density at radius 1 is 1.05 bits per heavy atom. The molecule has 0 aromatic heterocycles. The molecule has 0 atom stereocenters. The quantitative estimate of drug-likeness (QED) is 0.302. The van der Waals surface area contributed by atoms with Crippen LogP contribution >= 0.6 is 11.6 Å². The van der Waals surface area contributed by atoms with Crippen molar-refractivity contribution in [2.45, 2.75) is 32.6 Å². The molecule has 1 aliphatic heterocycles. The second-order valence-corrected chi connectivity index (χ2v) is 4.01. The standard InChI is InChI=1S/C10H10ClNO7/c1-5(13)18-10(9(11)17,19-6(2)14)12-7(15)3-4-8(12)16/h3-4H2,1-2H3. The summed E-state index contributed by atoms with van der Waals surface area (Å²) < 4.78 is 9.11. The van der Waals surface area contributed by atoms with Gasteiger partial charge in [-0.1, -0.05) is 0 Å². The van der Waals surface area contributed by atoms with Gasteiger partial charge in [-0.25, -0.2) is 0 Å². The van der Waals surface area contributed by atoms with E-state index in [1.165, 1.54) is 0 Å². The predicted octanol–water partition coefficient (Wildman–Crippen LogP) is -0.319. The summed E-state index contributed by atoms with van der Waals surface area (Å²) in [6.07, 6.45) is -0.402. The topological polar surface area (TPSA) is 107 Å². The number of hydrogen-bond donors (Lipinski definition) is 0. The maximum absolute atomic E-state index is 11.6. The molecule has 0 radical (unpaired) electrons. The highest BCUT2D eigenvalue weighted by Crippen LogP contribution is 2.29. The van der Waals surface area contributed by atoms with Crippen molar-refractivity contribution < 1.29 is 33.4 Å². The highest BCUT2D eigenvalue weighted by atomic mass is 35.5. The van der Waals surface area contributed by atoms with Crippen molar-refractivity contribution >= 4 is 40.6 Å². The SMILES string of the molecule is CC(=O)OC(OC(C)=O)(C(=O)Cl)N1C(=O)CCC1=O. The molecule has 104 valence electrons. The smallest absolute Gasteiger partial charge is 0.396 e. The molecule has 2 amide bonds. The van der Waals surface area contributed by atoms with E-state index >= 15 is 0 Å². The average Bonchev–Trinajstić information content (AvgIpc) is 2.56. The van der Waals surface area contributed by atoms with Crippen LogP contribution in [-0.4, -0.2) is 39.8 Å². The van der Waals surface area contributed by atoms with Crippen LogP contribution < -0.4 is 0 Å². The Bertz CT molecular complexity index is 440. The van der Waals surface area contributed by atoms with Crippen LogP contribution in [0, 0.1) is 0 Å². The molecular formula is C10H10ClNO7. The number of imide groups is 1. The fourth-order valence-corrected chi connectivity index (χ4v) is 1.74. The van der Waals surface area contributed by atoms with Gasteiger partial charge in [0, 0.05) is 26.7 Å². The van der Waals surface area contributed by atoms with Crippen molar-refractivity contribution in [3.8, 4) is 0 Å². The van der Waals surface area contributed by atoms with Crippen molar-refractivity contribution in [3.63, 3.8) is 0 Å². The molecule has 0 aromatic rings. The number of carbonyl (C=O) groups excluding carboxylic acids is 5. The second kappa shape index (κ2) is 5.35. The summed E-state index contributed by atoms with van der Waals surface area (Å²) in [6, 6.07) is 0. The highest BCUT2D eigenvalue weighted by molar-refractivity contribution is 6.65. The number of rotatable bonds is 4. The molecule has 1 saturated heterocycles. The maximum atomic E-state index is 11.6. The average molecular weight is 292 g/mol. The van der Waals surface area contributed by atoms with Crippen molar-refractivity contribution in [2.24, 2.45) is 0 Å². The van der Waals surface area contributed by atoms with E-state index in [-0.39, 0.29) is 17.7 Å². The first-order valence-corrected chi connectivity index (χ1v) is 5.53. The molecule has 0 aromatic carbocycles. The third kappa shape index (κ3) is 2.90. The van der Waals surface area contributed by atoms with E-state index in [2.05, 4.69) is 9.47 Å². The largest absolute Gasteiger partial charge is 0.431 e. The van der Waals surface area contributed by atoms with E-state index in [0.29, 0.717) is 0 Å². The van der Waals surface area contributed by atoms with Gasteiger partial charge in [-0.3, -0.25) is 24.0 Å². The molecule has 9 heteroatoms. The molecule has 1 fully saturated rings. The zero-order chi connectivity index (χ0) is 14.8. The second-order valence-electron chi connectivity index (χ2n) is 3.67. The van der Waals surface area contributed by atoms with Crippen LogP contribution in [0.5, 0.6) is 0 Å². The maximum Gasteiger partial charge on any atom is 0.431 e. The van der Waals surface area contributed by atoms with Gasteiger partial charge in [-0.15, -0.1) is 0 Å². The van der Waals surface area contributed by atoms with Crippen LogP contribution in [0.15, 0.2) is 0 Å². The summed E-state index contributed by atoms with van der Waals surface area (Å²) in [5, 5.41) is -1.48. The van der Waals surface area contributed by atoms with Crippen molar-refractivity contribution in [1.82, 2.24) is 4.90 Å². The first-order chi connectivity index (χ1) is 8.70. The number of esters is 2. The third-order valence-corrected chi connectivity index (χ3v) is 2.40. The third-order valence-electron chi connectivity index (χ3n) is 2.16. The first-order valence-electron chi connectivity index (χ1n) is 5.15. The lowest BCUT2D eigenvalue weighted by Gasteiger charge is -2.33. The summed E-state index contributed by atoms with van der Waals surface area (Å²) >= 11 is 5.26. The minimum atomic E-state index is -2.87. The Morgan fingerprint density at radius 2 is 1.42 bits per heavy atom. The fourth-order valence-electron chi connectivity index (χ4n) is 1.57. The Hall–Kier alpha value is -1.96. The zero-order valence-corrected chi connectivity index (χ0v) is 10.9. The Balaban J connectivity index is 3.32. The number of halogens is 1. The van der Waals surface area contributed by atoms with Crippen LogP contribution in [0.25, 0.3) is 0 Å². The van der Waals surface area contributed by atoms with Gasteiger partial charge >= 0.3 is 23.1 Å². The van der Waals surface area contributed by atoms with Gasteiger partial charge < -0.3 is 9.47 Å². The van der Waals surface area contributed by atoms with Crippen LogP contribution in [0.3, 0.4) is 0 Å². The number of hydrogen-bond acceptors (Lipinski definition) is 7. The lowest BCUT2D eigenvalue weighted by molar-refractivity contribution is -0.257. The van der Waals surface area contributed by atoms with Crippen LogP contribution in [0.1, 0.15) is 26.7 Å². The molecule has 0 saturated carbocycles. The summed E-state index contributed by atoms with van der Waals surface area (Å²) in [5.74, 6) is -6.64.